The Morgan fingerprint density at radius 3 is 2.92 bits per heavy atom. The molecule has 0 saturated carbocycles. The second kappa shape index (κ2) is 7.62. The molecule has 1 fully saturated rings. The number of halogens is 1. The standard InChI is InChI=1S/C19H22FNO3/c1-13(17-7-4-12-23-17)21-19(22)11-9-14-8-10-18(24-14)15-5-2-3-6-16(15)20/h2-3,5-6,8,10,13,17H,4,7,9,11-12H2,1H3,(H,21,22)/t13-,17+/m0/s1. The molecule has 1 aliphatic rings. The monoisotopic (exact) mass is 331 g/mol. The maximum absolute atomic E-state index is 13.8. The van der Waals surface area contributed by atoms with Crippen LogP contribution in [0.15, 0.2) is 40.8 Å². The van der Waals surface area contributed by atoms with Crippen molar-refractivity contribution in [2.24, 2.45) is 0 Å². The summed E-state index contributed by atoms with van der Waals surface area (Å²) >= 11 is 0. The molecule has 0 unspecified atom stereocenters. The number of aryl methyl sites for hydroxylation is 1. The lowest BCUT2D eigenvalue weighted by Crippen LogP contribution is -2.40. The van der Waals surface area contributed by atoms with E-state index >= 15 is 0 Å². The summed E-state index contributed by atoms with van der Waals surface area (Å²) in [6.45, 7) is 2.74. The first-order valence-electron chi connectivity index (χ1n) is 8.38. The van der Waals surface area contributed by atoms with Crippen LogP contribution in [-0.2, 0) is 16.0 Å². The van der Waals surface area contributed by atoms with Crippen LogP contribution in [0.4, 0.5) is 4.39 Å². The molecule has 3 rings (SSSR count). The summed E-state index contributed by atoms with van der Waals surface area (Å²) in [5.41, 5.74) is 0.431. The number of hydrogen-bond donors (Lipinski definition) is 1. The minimum atomic E-state index is -0.318. The molecule has 1 N–H and O–H groups in total. The average molecular weight is 331 g/mol. The van der Waals surface area contributed by atoms with Crippen LogP contribution in [0.1, 0.15) is 31.9 Å². The molecule has 2 heterocycles. The molecule has 2 aromatic rings. The van der Waals surface area contributed by atoms with Crippen molar-refractivity contribution in [2.45, 2.75) is 44.8 Å². The molecular formula is C19H22FNO3. The first-order chi connectivity index (χ1) is 11.6. The zero-order chi connectivity index (χ0) is 16.9. The van der Waals surface area contributed by atoms with Gasteiger partial charge in [-0.05, 0) is 44.0 Å². The summed E-state index contributed by atoms with van der Waals surface area (Å²) in [6, 6.07) is 10.0. The van der Waals surface area contributed by atoms with E-state index < -0.39 is 0 Å². The van der Waals surface area contributed by atoms with E-state index in [0.29, 0.717) is 29.9 Å². The number of amides is 1. The van der Waals surface area contributed by atoms with E-state index in [1.165, 1.54) is 6.07 Å². The van der Waals surface area contributed by atoms with Gasteiger partial charge in [-0.2, -0.15) is 0 Å². The van der Waals surface area contributed by atoms with Gasteiger partial charge in [0.25, 0.3) is 0 Å². The molecule has 0 spiro atoms. The van der Waals surface area contributed by atoms with Crippen LogP contribution in [-0.4, -0.2) is 24.7 Å². The zero-order valence-electron chi connectivity index (χ0n) is 13.8. The van der Waals surface area contributed by atoms with Crippen LogP contribution in [0.2, 0.25) is 0 Å². The van der Waals surface area contributed by atoms with Crippen LogP contribution in [0, 0.1) is 5.82 Å². The smallest absolute Gasteiger partial charge is 0.220 e. The second-order valence-corrected chi connectivity index (χ2v) is 6.15. The minimum absolute atomic E-state index is 0.0191. The van der Waals surface area contributed by atoms with Gasteiger partial charge in [-0.15, -0.1) is 0 Å². The third-order valence-electron chi connectivity index (χ3n) is 4.31. The van der Waals surface area contributed by atoms with Gasteiger partial charge in [0.1, 0.15) is 17.3 Å². The molecule has 0 bridgehead atoms. The molecule has 128 valence electrons. The summed E-state index contributed by atoms with van der Waals surface area (Å²) in [5.74, 6) is 0.813. The van der Waals surface area contributed by atoms with Gasteiger partial charge in [0.05, 0.1) is 17.7 Å². The fraction of sp³-hybridized carbons (Fsp3) is 0.421. The number of furan rings is 1. The highest BCUT2D eigenvalue weighted by Gasteiger charge is 2.23. The van der Waals surface area contributed by atoms with Crippen molar-refractivity contribution in [3.05, 3.63) is 48.0 Å². The second-order valence-electron chi connectivity index (χ2n) is 6.15. The molecule has 5 heteroatoms. The largest absolute Gasteiger partial charge is 0.461 e. The van der Waals surface area contributed by atoms with E-state index in [9.17, 15) is 9.18 Å². The summed E-state index contributed by atoms with van der Waals surface area (Å²) in [4.78, 5) is 12.0. The predicted molar refractivity (Wildman–Crippen MR) is 89.0 cm³/mol. The van der Waals surface area contributed by atoms with Crippen molar-refractivity contribution in [3.63, 3.8) is 0 Å². The molecule has 4 nitrogen and oxygen atoms in total. The highest BCUT2D eigenvalue weighted by atomic mass is 19.1. The van der Waals surface area contributed by atoms with E-state index in [1.54, 1.807) is 30.3 Å². The SMILES string of the molecule is C[C@H](NC(=O)CCc1ccc(-c2ccccc2F)o1)[C@H]1CCCO1. The van der Waals surface area contributed by atoms with Crippen LogP contribution in [0.5, 0.6) is 0 Å². The van der Waals surface area contributed by atoms with Crippen molar-refractivity contribution < 1.29 is 18.3 Å². The van der Waals surface area contributed by atoms with E-state index in [4.69, 9.17) is 9.15 Å². The predicted octanol–water partition coefficient (Wildman–Crippen LogP) is 3.70. The normalized spacial score (nSPS) is 18.5. The van der Waals surface area contributed by atoms with E-state index in [1.807, 2.05) is 6.92 Å². The Kier molecular flexibility index (Phi) is 5.30. The van der Waals surface area contributed by atoms with Crippen molar-refractivity contribution in [1.82, 2.24) is 5.32 Å². The lowest BCUT2D eigenvalue weighted by molar-refractivity contribution is -0.122. The number of hydrogen-bond acceptors (Lipinski definition) is 3. The molecule has 1 aliphatic heterocycles. The number of ether oxygens (including phenoxy) is 1. The first kappa shape index (κ1) is 16.7. The Balaban J connectivity index is 1.52. The number of rotatable bonds is 6. The van der Waals surface area contributed by atoms with Gasteiger partial charge in [0.2, 0.25) is 5.91 Å². The maximum atomic E-state index is 13.8. The third-order valence-corrected chi connectivity index (χ3v) is 4.31. The van der Waals surface area contributed by atoms with Gasteiger partial charge in [-0.3, -0.25) is 4.79 Å². The van der Waals surface area contributed by atoms with Crippen molar-refractivity contribution in [1.29, 1.82) is 0 Å². The fourth-order valence-corrected chi connectivity index (χ4v) is 2.97. The van der Waals surface area contributed by atoms with Crippen molar-refractivity contribution in [2.75, 3.05) is 6.61 Å². The van der Waals surface area contributed by atoms with Gasteiger partial charge >= 0.3 is 0 Å². The van der Waals surface area contributed by atoms with Crippen molar-refractivity contribution >= 4 is 5.91 Å². The highest BCUT2D eigenvalue weighted by Crippen LogP contribution is 2.25. The lowest BCUT2D eigenvalue weighted by atomic mass is 10.1. The van der Waals surface area contributed by atoms with Gasteiger partial charge in [0.15, 0.2) is 0 Å². The van der Waals surface area contributed by atoms with Crippen molar-refractivity contribution in [3.8, 4) is 11.3 Å². The summed E-state index contributed by atoms with van der Waals surface area (Å²) in [6.07, 6.45) is 2.98. The Hall–Kier alpha value is -2.14. The van der Waals surface area contributed by atoms with Crippen LogP contribution in [0.25, 0.3) is 11.3 Å². The topological polar surface area (TPSA) is 51.5 Å². The maximum Gasteiger partial charge on any atom is 0.220 e. The van der Waals surface area contributed by atoms with Gasteiger partial charge in [-0.25, -0.2) is 4.39 Å². The molecule has 1 saturated heterocycles. The molecule has 1 aromatic heterocycles. The van der Waals surface area contributed by atoms with Crippen LogP contribution >= 0.6 is 0 Å². The first-order valence-corrected chi connectivity index (χ1v) is 8.38. The molecular weight excluding hydrogens is 309 g/mol. The minimum Gasteiger partial charge on any atom is -0.461 e. The fourth-order valence-electron chi connectivity index (χ4n) is 2.97. The molecule has 24 heavy (non-hydrogen) atoms. The molecule has 1 aromatic carbocycles. The Bertz CT molecular complexity index is 691. The Morgan fingerprint density at radius 1 is 1.33 bits per heavy atom. The summed E-state index contributed by atoms with van der Waals surface area (Å²) in [5, 5.41) is 2.97. The molecule has 0 radical (unpaired) electrons. The number of benzene rings is 1. The van der Waals surface area contributed by atoms with Crippen LogP contribution < -0.4 is 5.32 Å². The molecule has 0 aliphatic carbocycles. The number of nitrogens with one attached hydrogen (secondary N) is 1. The average Bonchev–Trinajstić information content (AvgIpc) is 3.25. The van der Waals surface area contributed by atoms with Gasteiger partial charge in [-0.1, -0.05) is 12.1 Å². The number of carbonyl (C=O) groups excluding carboxylic acids is 1. The van der Waals surface area contributed by atoms with E-state index in [-0.39, 0.29) is 23.9 Å². The van der Waals surface area contributed by atoms with Crippen LogP contribution in [0.3, 0.4) is 0 Å². The van der Waals surface area contributed by atoms with E-state index in [2.05, 4.69) is 5.32 Å². The highest BCUT2D eigenvalue weighted by molar-refractivity contribution is 5.76. The van der Waals surface area contributed by atoms with E-state index in [0.717, 1.165) is 19.4 Å². The zero-order valence-corrected chi connectivity index (χ0v) is 13.8. The number of carbonyl (C=O) groups is 1. The lowest BCUT2D eigenvalue weighted by Gasteiger charge is -2.19. The third kappa shape index (κ3) is 4.03. The van der Waals surface area contributed by atoms with Gasteiger partial charge in [0, 0.05) is 19.4 Å². The summed E-state index contributed by atoms with van der Waals surface area (Å²) < 4.78 is 25.0. The molecule has 2 atom stereocenters. The van der Waals surface area contributed by atoms with Gasteiger partial charge < -0.3 is 14.5 Å². The molecule has 1 amide bonds. The summed E-state index contributed by atoms with van der Waals surface area (Å²) in [7, 11) is 0. The quantitative estimate of drug-likeness (QED) is 0.878. The Labute approximate surface area is 141 Å². The Morgan fingerprint density at radius 2 is 2.17 bits per heavy atom.